The Bertz CT molecular complexity index is 646. The SMILES string of the molecule is Cc1ccc(C#CCCO)cc1NS(=O)(=O)CC(C)(C)C. The van der Waals surface area contributed by atoms with E-state index in [2.05, 4.69) is 16.6 Å². The zero-order valence-corrected chi connectivity index (χ0v) is 13.8. The first-order valence-corrected chi connectivity index (χ1v) is 8.49. The highest BCUT2D eigenvalue weighted by molar-refractivity contribution is 7.92. The van der Waals surface area contributed by atoms with Crippen LogP contribution in [0.3, 0.4) is 0 Å². The summed E-state index contributed by atoms with van der Waals surface area (Å²) < 4.78 is 26.9. The molecule has 1 aromatic carbocycles. The van der Waals surface area contributed by atoms with Crippen LogP contribution in [0.4, 0.5) is 5.69 Å². The van der Waals surface area contributed by atoms with E-state index >= 15 is 0 Å². The van der Waals surface area contributed by atoms with Gasteiger partial charge in [-0.05, 0) is 30.0 Å². The molecular formula is C16H23NO3S. The van der Waals surface area contributed by atoms with Gasteiger partial charge in [-0.15, -0.1) is 0 Å². The van der Waals surface area contributed by atoms with Crippen LogP contribution >= 0.6 is 0 Å². The fourth-order valence-corrected chi connectivity index (χ4v) is 3.57. The molecule has 0 aliphatic heterocycles. The standard InChI is InChI=1S/C16H23NO3S/c1-13-8-9-14(7-5-6-10-18)11-15(13)17-21(19,20)12-16(2,3)4/h8-9,11,17-18H,6,10,12H2,1-4H3. The number of aliphatic hydroxyl groups excluding tert-OH is 1. The summed E-state index contributed by atoms with van der Waals surface area (Å²) >= 11 is 0. The zero-order chi connectivity index (χ0) is 16.1. The third-order valence-corrected chi connectivity index (χ3v) is 4.37. The Morgan fingerprint density at radius 1 is 1.29 bits per heavy atom. The van der Waals surface area contributed by atoms with Crippen molar-refractivity contribution in [2.45, 2.75) is 34.1 Å². The molecule has 0 saturated carbocycles. The molecule has 0 heterocycles. The van der Waals surface area contributed by atoms with Gasteiger partial charge in [-0.1, -0.05) is 38.7 Å². The van der Waals surface area contributed by atoms with Crippen LogP contribution in [0.2, 0.25) is 0 Å². The fourth-order valence-electron chi connectivity index (χ4n) is 1.80. The lowest BCUT2D eigenvalue weighted by Crippen LogP contribution is -2.26. The molecule has 0 aromatic heterocycles. The first-order chi connectivity index (χ1) is 9.63. The molecular weight excluding hydrogens is 286 g/mol. The second kappa shape index (κ2) is 6.97. The Morgan fingerprint density at radius 2 is 1.95 bits per heavy atom. The van der Waals surface area contributed by atoms with E-state index in [1.54, 1.807) is 6.07 Å². The van der Waals surface area contributed by atoms with Gasteiger partial charge in [0.05, 0.1) is 18.0 Å². The lowest BCUT2D eigenvalue weighted by atomic mass is 10.0. The van der Waals surface area contributed by atoms with Crippen molar-refractivity contribution in [2.75, 3.05) is 17.1 Å². The molecule has 0 saturated heterocycles. The lowest BCUT2D eigenvalue weighted by molar-refractivity contribution is 0.305. The Morgan fingerprint density at radius 3 is 2.52 bits per heavy atom. The summed E-state index contributed by atoms with van der Waals surface area (Å²) in [4.78, 5) is 0. The topological polar surface area (TPSA) is 66.4 Å². The largest absolute Gasteiger partial charge is 0.395 e. The maximum atomic E-state index is 12.2. The minimum atomic E-state index is -3.39. The zero-order valence-electron chi connectivity index (χ0n) is 13.0. The molecule has 2 N–H and O–H groups in total. The van der Waals surface area contributed by atoms with Crippen LogP contribution in [0, 0.1) is 24.2 Å². The highest BCUT2D eigenvalue weighted by Crippen LogP contribution is 2.21. The molecule has 116 valence electrons. The van der Waals surface area contributed by atoms with Crippen molar-refractivity contribution in [3.63, 3.8) is 0 Å². The quantitative estimate of drug-likeness (QED) is 0.840. The van der Waals surface area contributed by atoms with E-state index in [0.717, 1.165) is 11.1 Å². The summed E-state index contributed by atoms with van der Waals surface area (Å²) in [6.07, 6.45) is 0.402. The molecule has 0 amide bonds. The second-order valence-electron chi connectivity index (χ2n) is 6.23. The van der Waals surface area contributed by atoms with Crippen molar-refractivity contribution in [3.8, 4) is 11.8 Å². The minimum Gasteiger partial charge on any atom is -0.395 e. The van der Waals surface area contributed by atoms with Gasteiger partial charge < -0.3 is 5.11 Å². The van der Waals surface area contributed by atoms with E-state index < -0.39 is 10.0 Å². The number of sulfonamides is 1. The summed E-state index contributed by atoms with van der Waals surface area (Å²) in [6.45, 7) is 7.52. The van der Waals surface area contributed by atoms with E-state index in [-0.39, 0.29) is 17.8 Å². The molecule has 0 radical (unpaired) electrons. The van der Waals surface area contributed by atoms with E-state index in [1.165, 1.54) is 0 Å². The molecule has 1 aromatic rings. The van der Waals surface area contributed by atoms with Gasteiger partial charge in [0.15, 0.2) is 0 Å². The maximum absolute atomic E-state index is 12.2. The van der Waals surface area contributed by atoms with Gasteiger partial charge in [0, 0.05) is 12.0 Å². The average molecular weight is 309 g/mol. The molecule has 0 spiro atoms. The van der Waals surface area contributed by atoms with Crippen molar-refractivity contribution in [3.05, 3.63) is 29.3 Å². The van der Waals surface area contributed by atoms with Gasteiger partial charge in [-0.2, -0.15) is 0 Å². The normalized spacial score (nSPS) is 11.7. The summed E-state index contributed by atoms with van der Waals surface area (Å²) in [6, 6.07) is 5.39. The average Bonchev–Trinajstić information content (AvgIpc) is 2.30. The Labute approximate surface area is 127 Å². The molecule has 0 unspecified atom stereocenters. The van der Waals surface area contributed by atoms with Gasteiger partial charge in [0.1, 0.15) is 0 Å². The van der Waals surface area contributed by atoms with Crippen LogP contribution < -0.4 is 4.72 Å². The van der Waals surface area contributed by atoms with Gasteiger partial charge in [-0.25, -0.2) is 8.42 Å². The Kier molecular flexibility index (Phi) is 5.82. The van der Waals surface area contributed by atoms with Crippen molar-refractivity contribution in [2.24, 2.45) is 5.41 Å². The smallest absolute Gasteiger partial charge is 0.233 e. The fraction of sp³-hybridized carbons (Fsp3) is 0.500. The van der Waals surface area contributed by atoms with E-state index in [1.807, 2.05) is 39.8 Å². The number of rotatable bonds is 4. The molecule has 0 bridgehead atoms. The number of aryl methyl sites for hydroxylation is 1. The number of anilines is 1. The summed E-state index contributed by atoms with van der Waals surface area (Å²) in [5.74, 6) is 5.78. The molecule has 0 aliphatic carbocycles. The van der Waals surface area contributed by atoms with Crippen LogP contribution in [-0.2, 0) is 10.0 Å². The summed E-state index contributed by atoms with van der Waals surface area (Å²) in [5.41, 5.74) is 1.82. The van der Waals surface area contributed by atoms with E-state index in [4.69, 9.17) is 5.11 Å². The van der Waals surface area contributed by atoms with Crippen molar-refractivity contribution in [1.82, 2.24) is 0 Å². The first kappa shape index (κ1) is 17.5. The monoisotopic (exact) mass is 309 g/mol. The van der Waals surface area contributed by atoms with E-state index in [9.17, 15) is 8.42 Å². The predicted molar refractivity (Wildman–Crippen MR) is 86.6 cm³/mol. The van der Waals surface area contributed by atoms with Crippen LogP contribution in [-0.4, -0.2) is 25.9 Å². The van der Waals surface area contributed by atoms with Gasteiger partial charge in [0.2, 0.25) is 10.0 Å². The van der Waals surface area contributed by atoms with Crippen molar-refractivity contribution < 1.29 is 13.5 Å². The number of nitrogens with one attached hydrogen (secondary N) is 1. The van der Waals surface area contributed by atoms with Gasteiger partial charge in [0.25, 0.3) is 0 Å². The van der Waals surface area contributed by atoms with Crippen LogP contribution in [0.25, 0.3) is 0 Å². The van der Waals surface area contributed by atoms with Crippen LogP contribution in [0.15, 0.2) is 18.2 Å². The maximum Gasteiger partial charge on any atom is 0.233 e. The highest BCUT2D eigenvalue weighted by atomic mass is 32.2. The number of hydrogen-bond acceptors (Lipinski definition) is 3. The minimum absolute atomic E-state index is 0.0178. The summed E-state index contributed by atoms with van der Waals surface area (Å²) in [7, 11) is -3.39. The first-order valence-electron chi connectivity index (χ1n) is 6.84. The van der Waals surface area contributed by atoms with Crippen LogP contribution in [0.5, 0.6) is 0 Å². The van der Waals surface area contributed by atoms with Crippen LogP contribution in [0.1, 0.15) is 38.3 Å². The number of hydrogen-bond donors (Lipinski definition) is 2. The van der Waals surface area contributed by atoms with Gasteiger partial charge >= 0.3 is 0 Å². The number of aliphatic hydroxyl groups is 1. The number of benzene rings is 1. The van der Waals surface area contributed by atoms with Gasteiger partial charge in [-0.3, -0.25) is 4.72 Å². The molecule has 0 aliphatic rings. The van der Waals surface area contributed by atoms with Crippen molar-refractivity contribution in [1.29, 1.82) is 0 Å². The molecule has 5 heteroatoms. The second-order valence-corrected chi connectivity index (χ2v) is 7.95. The third kappa shape index (κ3) is 6.65. The Hall–Kier alpha value is -1.51. The predicted octanol–water partition coefficient (Wildman–Crippen LogP) is 2.52. The lowest BCUT2D eigenvalue weighted by Gasteiger charge is -2.19. The summed E-state index contributed by atoms with van der Waals surface area (Å²) in [5, 5.41) is 8.71. The molecule has 4 nitrogen and oxygen atoms in total. The van der Waals surface area contributed by atoms with E-state index in [0.29, 0.717) is 12.1 Å². The molecule has 0 fully saturated rings. The molecule has 21 heavy (non-hydrogen) atoms. The highest BCUT2D eigenvalue weighted by Gasteiger charge is 2.22. The van der Waals surface area contributed by atoms with Crippen molar-refractivity contribution >= 4 is 15.7 Å². The third-order valence-electron chi connectivity index (χ3n) is 2.60. The molecule has 0 atom stereocenters. The molecule has 1 rings (SSSR count). The Balaban J connectivity index is 2.98.